The van der Waals surface area contributed by atoms with Crippen molar-refractivity contribution in [2.75, 3.05) is 32.4 Å². The highest BCUT2D eigenvalue weighted by atomic mass is 16.2. The number of nitrogen functional groups attached to an aromatic ring is 1. The minimum Gasteiger partial charge on any atom is -0.399 e. The van der Waals surface area contributed by atoms with Crippen molar-refractivity contribution in [1.82, 2.24) is 9.80 Å². The van der Waals surface area contributed by atoms with Crippen LogP contribution in [0.1, 0.15) is 28.8 Å². The van der Waals surface area contributed by atoms with Gasteiger partial charge in [-0.25, -0.2) is 0 Å². The molecule has 1 fully saturated rings. The van der Waals surface area contributed by atoms with Gasteiger partial charge in [0.25, 0.3) is 5.91 Å². The van der Waals surface area contributed by atoms with E-state index in [-0.39, 0.29) is 18.4 Å². The van der Waals surface area contributed by atoms with Gasteiger partial charge in [-0.3, -0.25) is 9.59 Å². The van der Waals surface area contributed by atoms with E-state index in [1.165, 1.54) is 4.90 Å². The summed E-state index contributed by atoms with van der Waals surface area (Å²) in [6.45, 7) is 3.62. The van der Waals surface area contributed by atoms with Gasteiger partial charge in [-0.1, -0.05) is 0 Å². The van der Waals surface area contributed by atoms with Gasteiger partial charge in [0.2, 0.25) is 5.91 Å². The highest BCUT2D eigenvalue weighted by molar-refractivity contribution is 5.97. The molecule has 0 unspecified atom stereocenters. The van der Waals surface area contributed by atoms with Crippen molar-refractivity contribution in [3.05, 3.63) is 29.3 Å². The third-order valence-electron chi connectivity index (χ3n) is 3.52. The Bertz CT molecular complexity index is 502. The summed E-state index contributed by atoms with van der Waals surface area (Å²) < 4.78 is 0. The van der Waals surface area contributed by atoms with E-state index < -0.39 is 0 Å². The van der Waals surface area contributed by atoms with Gasteiger partial charge in [0.15, 0.2) is 0 Å². The summed E-state index contributed by atoms with van der Waals surface area (Å²) in [6, 6.07) is 5.24. The molecule has 2 rings (SSSR count). The van der Waals surface area contributed by atoms with E-state index in [0.29, 0.717) is 11.3 Å². The average Bonchev–Trinajstić information content (AvgIpc) is 2.90. The summed E-state index contributed by atoms with van der Waals surface area (Å²) in [5.74, 6) is -0.160. The number of nitrogens with zero attached hydrogens (tertiary/aromatic N) is 2. The van der Waals surface area contributed by atoms with Crippen molar-refractivity contribution in [3.63, 3.8) is 0 Å². The molecule has 1 saturated heterocycles. The van der Waals surface area contributed by atoms with Crippen LogP contribution in [0, 0.1) is 6.92 Å². The third-order valence-corrected chi connectivity index (χ3v) is 3.52. The van der Waals surface area contributed by atoms with Crippen LogP contribution in [-0.4, -0.2) is 48.3 Å². The molecular weight excluding hydrogens is 254 g/mol. The highest BCUT2D eigenvalue weighted by Crippen LogP contribution is 2.14. The lowest BCUT2D eigenvalue weighted by Gasteiger charge is -2.21. The van der Waals surface area contributed by atoms with Crippen LogP contribution in [-0.2, 0) is 4.79 Å². The Balaban J connectivity index is 2.02. The van der Waals surface area contributed by atoms with Gasteiger partial charge in [-0.05, 0) is 43.5 Å². The van der Waals surface area contributed by atoms with Crippen LogP contribution in [0.5, 0.6) is 0 Å². The molecule has 0 bridgehead atoms. The number of nitrogens with two attached hydrogens (primary N) is 1. The molecule has 0 aliphatic carbocycles. The van der Waals surface area contributed by atoms with Crippen LogP contribution < -0.4 is 5.73 Å². The average molecular weight is 275 g/mol. The number of hydrogen-bond acceptors (Lipinski definition) is 3. The van der Waals surface area contributed by atoms with Crippen molar-refractivity contribution in [3.8, 4) is 0 Å². The Hall–Kier alpha value is -2.04. The second kappa shape index (κ2) is 5.94. The van der Waals surface area contributed by atoms with Gasteiger partial charge >= 0.3 is 0 Å². The van der Waals surface area contributed by atoms with Gasteiger partial charge in [0.05, 0.1) is 6.54 Å². The van der Waals surface area contributed by atoms with E-state index in [9.17, 15) is 9.59 Å². The second-order valence-electron chi connectivity index (χ2n) is 5.38. The summed E-state index contributed by atoms with van der Waals surface area (Å²) in [5, 5.41) is 0. The van der Waals surface area contributed by atoms with Gasteiger partial charge < -0.3 is 15.5 Å². The Kier molecular flexibility index (Phi) is 4.27. The standard InChI is InChI=1S/C15H21N3O2/c1-11-7-12(9-13(16)8-11)15(20)17(2)10-14(19)18-5-3-4-6-18/h7-9H,3-6,10,16H2,1-2H3. The van der Waals surface area contributed by atoms with Crippen LogP contribution in [0.3, 0.4) is 0 Å². The quantitative estimate of drug-likeness (QED) is 0.845. The minimum atomic E-state index is -0.173. The molecule has 0 saturated carbocycles. The van der Waals surface area contributed by atoms with Crippen LogP contribution in [0.4, 0.5) is 5.69 Å². The zero-order valence-electron chi connectivity index (χ0n) is 12.1. The highest BCUT2D eigenvalue weighted by Gasteiger charge is 2.21. The number of carbonyl (C=O) groups excluding carboxylic acids is 2. The topological polar surface area (TPSA) is 66.6 Å². The van der Waals surface area contributed by atoms with E-state index in [1.807, 2.05) is 17.9 Å². The normalized spacial score (nSPS) is 14.4. The number of aryl methyl sites for hydroxylation is 1. The maximum absolute atomic E-state index is 12.3. The molecule has 108 valence electrons. The number of rotatable bonds is 3. The van der Waals surface area contributed by atoms with E-state index in [4.69, 9.17) is 5.73 Å². The molecule has 20 heavy (non-hydrogen) atoms. The lowest BCUT2D eigenvalue weighted by Crippen LogP contribution is -2.39. The first-order valence-electron chi connectivity index (χ1n) is 6.88. The molecule has 1 aliphatic rings. The lowest BCUT2D eigenvalue weighted by atomic mass is 10.1. The summed E-state index contributed by atoms with van der Waals surface area (Å²) in [7, 11) is 1.65. The molecule has 1 aromatic carbocycles. The second-order valence-corrected chi connectivity index (χ2v) is 5.38. The largest absolute Gasteiger partial charge is 0.399 e. The Morgan fingerprint density at radius 2 is 1.90 bits per heavy atom. The first kappa shape index (κ1) is 14.4. The van der Waals surface area contributed by atoms with E-state index in [0.717, 1.165) is 31.5 Å². The molecule has 5 heteroatoms. The third kappa shape index (κ3) is 3.29. The smallest absolute Gasteiger partial charge is 0.254 e. The fraction of sp³-hybridized carbons (Fsp3) is 0.467. The van der Waals surface area contributed by atoms with Crippen LogP contribution in [0.2, 0.25) is 0 Å². The summed E-state index contributed by atoms with van der Waals surface area (Å²) in [5.41, 5.74) is 7.78. The first-order valence-corrected chi connectivity index (χ1v) is 6.88. The van der Waals surface area contributed by atoms with Crippen molar-refractivity contribution < 1.29 is 9.59 Å². The number of likely N-dealkylation sites (tertiary alicyclic amines) is 1. The van der Waals surface area contributed by atoms with Crippen molar-refractivity contribution in [1.29, 1.82) is 0 Å². The summed E-state index contributed by atoms with van der Waals surface area (Å²) in [4.78, 5) is 27.6. The first-order chi connectivity index (χ1) is 9.47. The molecule has 1 heterocycles. The predicted molar refractivity (Wildman–Crippen MR) is 78.4 cm³/mol. The molecule has 0 aromatic heterocycles. The molecule has 0 radical (unpaired) electrons. The van der Waals surface area contributed by atoms with Crippen molar-refractivity contribution in [2.24, 2.45) is 0 Å². The van der Waals surface area contributed by atoms with Crippen LogP contribution in [0.25, 0.3) is 0 Å². The molecule has 0 spiro atoms. The zero-order chi connectivity index (χ0) is 14.7. The van der Waals surface area contributed by atoms with E-state index >= 15 is 0 Å². The van der Waals surface area contributed by atoms with Gasteiger partial charge in [0, 0.05) is 31.4 Å². The Morgan fingerprint density at radius 1 is 1.25 bits per heavy atom. The lowest BCUT2D eigenvalue weighted by molar-refractivity contribution is -0.130. The number of anilines is 1. The van der Waals surface area contributed by atoms with Gasteiger partial charge in [-0.2, -0.15) is 0 Å². The number of benzene rings is 1. The van der Waals surface area contributed by atoms with Crippen LogP contribution in [0.15, 0.2) is 18.2 Å². The number of likely N-dealkylation sites (N-methyl/N-ethyl adjacent to an activating group) is 1. The molecule has 1 aliphatic heterocycles. The minimum absolute atomic E-state index is 0.0129. The van der Waals surface area contributed by atoms with Crippen molar-refractivity contribution in [2.45, 2.75) is 19.8 Å². The Labute approximate surface area is 119 Å². The fourth-order valence-electron chi connectivity index (χ4n) is 2.50. The van der Waals surface area contributed by atoms with Crippen LogP contribution >= 0.6 is 0 Å². The SMILES string of the molecule is Cc1cc(N)cc(C(=O)N(C)CC(=O)N2CCCC2)c1. The summed E-state index contributed by atoms with van der Waals surface area (Å²) in [6.07, 6.45) is 2.11. The van der Waals surface area contributed by atoms with E-state index in [1.54, 1.807) is 19.2 Å². The predicted octanol–water partition coefficient (Wildman–Crippen LogP) is 1.27. The van der Waals surface area contributed by atoms with Gasteiger partial charge in [-0.15, -0.1) is 0 Å². The molecule has 0 atom stereocenters. The maximum atomic E-state index is 12.3. The maximum Gasteiger partial charge on any atom is 0.254 e. The summed E-state index contributed by atoms with van der Waals surface area (Å²) >= 11 is 0. The van der Waals surface area contributed by atoms with E-state index in [2.05, 4.69) is 0 Å². The molecule has 5 nitrogen and oxygen atoms in total. The number of carbonyl (C=O) groups is 2. The Morgan fingerprint density at radius 3 is 2.50 bits per heavy atom. The zero-order valence-corrected chi connectivity index (χ0v) is 12.1. The molecule has 2 N–H and O–H groups in total. The van der Waals surface area contributed by atoms with Gasteiger partial charge in [0.1, 0.15) is 0 Å². The number of hydrogen-bond donors (Lipinski definition) is 1. The molecular formula is C15H21N3O2. The molecule has 2 amide bonds. The molecule has 1 aromatic rings. The van der Waals surface area contributed by atoms with Crippen molar-refractivity contribution >= 4 is 17.5 Å². The fourth-order valence-corrected chi connectivity index (χ4v) is 2.50. The monoisotopic (exact) mass is 275 g/mol. The number of amides is 2.